The van der Waals surface area contributed by atoms with Crippen LogP contribution in [0.5, 0.6) is 0 Å². The summed E-state index contributed by atoms with van der Waals surface area (Å²) in [6, 6.07) is 4.24. The van der Waals surface area contributed by atoms with E-state index in [1.165, 1.54) is 12.8 Å². The fourth-order valence-electron chi connectivity index (χ4n) is 4.50. The minimum Gasteiger partial charge on any atom is -0.346 e. The van der Waals surface area contributed by atoms with E-state index in [2.05, 4.69) is 21.1 Å². The van der Waals surface area contributed by atoms with Gasteiger partial charge in [0.2, 0.25) is 5.43 Å². The molecule has 3 heterocycles. The molecule has 0 aliphatic heterocycles. The zero-order valence-electron chi connectivity index (χ0n) is 13.7. The van der Waals surface area contributed by atoms with Crippen LogP contribution < -0.4 is 5.43 Å². The Hall–Kier alpha value is -2.94. The van der Waals surface area contributed by atoms with Gasteiger partial charge in [0, 0.05) is 23.2 Å². The molecule has 1 N–H and O–H groups in total. The summed E-state index contributed by atoms with van der Waals surface area (Å²) in [5.74, 6) is 0.416. The number of hydrogen-bond acceptors (Lipinski definition) is 4. The van der Waals surface area contributed by atoms with E-state index in [4.69, 9.17) is 0 Å². The number of fused-ring (bicyclic) bond motifs is 2. The number of aromatic amines is 1. The first-order chi connectivity index (χ1) is 12.3. The fraction of sp³-hybridized carbons (Fsp3) is 0.368. The smallest absolute Gasteiger partial charge is 0.213 e. The quantitative estimate of drug-likeness (QED) is 0.622. The zero-order valence-corrected chi connectivity index (χ0v) is 13.7. The third-order valence-corrected chi connectivity index (χ3v) is 5.67. The molecule has 0 amide bonds. The van der Waals surface area contributed by atoms with Crippen LogP contribution in [0.3, 0.4) is 0 Å². The molecule has 0 spiro atoms. The molecule has 0 radical (unpaired) electrons. The molecule has 1 unspecified atom stereocenters. The van der Waals surface area contributed by atoms with Gasteiger partial charge in [-0.15, -0.1) is 0 Å². The Morgan fingerprint density at radius 1 is 1.28 bits per heavy atom. The molecule has 3 aromatic heterocycles. The molecule has 124 valence electrons. The highest BCUT2D eigenvalue weighted by molar-refractivity contribution is 6.19. The first kappa shape index (κ1) is 14.4. The number of nitrogens with one attached hydrogen (secondary N) is 1. The number of H-pyrrole nitrogens is 1. The normalized spacial score (nSPS) is 16.9. The molecule has 6 nitrogen and oxygen atoms in total. The molecule has 1 saturated carbocycles. The maximum atomic E-state index is 13.2. The number of pyridine rings is 1. The first-order valence-corrected chi connectivity index (χ1v) is 8.75. The number of nitrogens with zero attached hydrogens (tertiary/aromatic N) is 4. The van der Waals surface area contributed by atoms with E-state index in [1.54, 1.807) is 12.4 Å². The average molecular weight is 331 g/mol. The van der Waals surface area contributed by atoms with Gasteiger partial charge in [-0.25, -0.2) is 4.98 Å². The van der Waals surface area contributed by atoms with Crippen molar-refractivity contribution in [3.05, 3.63) is 34.9 Å². The largest absolute Gasteiger partial charge is 0.346 e. The Labute approximate surface area is 143 Å². The molecule has 25 heavy (non-hydrogen) atoms. The van der Waals surface area contributed by atoms with Gasteiger partial charge in [0.25, 0.3) is 0 Å². The van der Waals surface area contributed by atoms with Crippen LogP contribution in [-0.2, 0) is 0 Å². The Balaban J connectivity index is 1.84. The third-order valence-electron chi connectivity index (χ3n) is 5.67. The van der Waals surface area contributed by atoms with Crippen molar-refractivity contribution in [1.29, 1.82) is 5.26 Å². The molecule has 0 saturated heterocycles. The van der Waals surface area contributed by atoms with E-state index >= 15 is 0 Å². The topological polar surface area (TPSA) is 87.4 Å². The summed E-state index contributed by atoms with van der Waals surface area (Å²) in [4.78, 5) is 20.6. The van der Waals surface area contributed by atoms with Gasteiger partial charge < -0.3 is 4.98 Å². The molecule has 1 aromatic carbocycles. The van der Waals surface area contributed by atoms with Crippen molar-refractivity contribution in [2.75, 3.05) is 0 Å². The van der Waals surface area contributed by atoms with Gasteiger partial charge in [0.05, 0.1) is 30.1 Å². The van der Waals surface area contributed by atoms with Crippen LogP contribution in [0, 0.1) is 17.2 Å². The molecule has 4 aromatic rings. The van der Waals surface area contributed by atoms with E-state index in [9.17, 15) is 10.1 Å². The third kappa shape index (κ3) is 1.92. The molecule has 6 heteroatoms. The van der Waals surface area contributed by atoms with Crippen molar-refractivity contribution >= 4 is 32.7 Å². The monoisotopic (exact) mass is 331 g/mol. The molecule has 0 bridgehead atoms. The molecule has 1 fully saturated rings. The van der Waals surface area contributed by atoms with Crippen molar-refractivity contribution < 1.29 is 0 Å². The van der Waals surface area contributed by atoms with Gasteiger partial charge in [-0.1, -0.05) is 12.8 Å². The molecular weight excluding hydrogens is 314 g/mol. The lowest BCUT2D eigenvalue weighted by molar-refractivity contribution is 0.322. The van der Waals surface area contributed by atoms with Crippen molar-refractivity contribution in [2.45, 2.75) is 38.1 Å². The summed E-state index contributed by atoms with van der Waals surface area (Å²) in [6.45, 7) is 0. The predicted molar refractivity (Wildman–Crippen MR) is 95.6 cm³/mol. The highest BCUT2D eigenvalue weighted by Gasteiger charge is 2.29. The van der Waals surface area contributed by atoms with Crippen LogP contribution in [0.2, 0.25) is 0 Å². The summed E-state index contributed by atoms with van der Waals surface area (Å²) in [5.41, 5.74) is 1.30. The number of nitriles is 1. The maximum absolute atomic E-state index is 13.2. The van der Waals surface area contributed by atoms with Crippen molar-refractivity contribution in [3.8, 4) is 6.07 Å². The lowest BCUT2D eigenvalue weighted by Gasteiger charge is -2.22. The molecule has 1 aliphatic carbocycles. The fourth-order valence-corrected chi connectivity index (χ4v) is 4.50. The van der Waals surface area contributed by atoms with Crippen molar-refractivity contribution in [2.24, 2.45) is 5.92 Å². The van der Waals surface area contributed by atoms with Crippen LogP contribution in [0.1, 0.15) is 38.1 Å². The molecule has 5 rings (SSSR count). The summed E-state index contributed by atoms with van der Waals surface area (Å²) < 4.78 is 1.83. The van der Waals surface area contributed by atoms with Gasteiger partial charge in [-0.2, -0.15) is 10.4 Å². The lowest BCUT2D eigenvalue weighted by atomic mass is 9.95. The first-order valence-electron chi connectivity index (χ1n) is 8.75. The van der Waals surface area contributed by atoms with E-state index in [0.29, 0.717) is 23.2 Å². The predicted octanol–water partition coefficient (Wildman–Crippen LogP) is 3.51. The molecule has 1 atom stereocenters. The second-order valence-corrected chi connectivity index (χ2v) is 6.94. The SMILES string of the molecule is N#CCC(C1CCCC1)n1ncc2c3cc[nH]c4ncc(c(=O)c21)c43. The Morgan fingerprint density at radius 2 is 2.12 bits per heavy atom. The van der Waals surface area contributed by atoms with Gasteiger partial charge in [-0.05, 0) is 30.2 Å². The van der Waals surface area contributed by atoms with Crippen LogP contribution in [0.25, 0.3) is 32.7 Å². The molecule has 1 aliphatic rings. The van der Waals surface area contributed by atoms with E-state index < -0.39 is 0 Å². The van der Waals surface area contributed by atoms with E-state index in [1.807, 2.05) is 16.9 Å². The lowest BCUT2D eigenvalue weighted by Crippen LogP contribution is -2.21. The Kier molecular flexibility index (Phi) is 3.04. The Bertz CT molecular complexity index is 1180. The highest BCUT2D eigenvalue weighted by Crippen LogP contribution is 2.38. The van der Waals surface area contributed by atoms with Crippen LogP contribution >= 0.6 is 0 Å². The number of hydrogen-bond donors (Lipinski definition) is 1. The second-order valence-electron chi connectivity index (χ2n) is 6.94. The number of rotatable bonds is 3. The summed E-state index contributed by atoms with van der Waals surface area (Å²) >= 11 is 0. The van der Waals surface area contributed by atoms with Crippen LogP contribution in [0.15, 0.2) is 29.5 Å². The summed E-state index contributed by atoms with van der Waals surface area (Å²) in [7, 11) is 0. The van der Waals surface area contributed by atoms with Gasteiger partial charge >= 0.3 is 0 Å². The minimum absolute atomic E-state index is 0.0320. The van der Waals surface area contributed by atoms with Crippen molar-refractivity contribution in [3.63, 3.8) is 0 Å². The Morgan fingerprint density at radius 3 is 2.92 bits per heavy atom. The standard InChI is InChI=1S/C19H17N5O/c20-7-5-15(11-3-1-2-4-11)24-17-13(10-23-24)12-6-8-21-19-16(12)14(9-22-19)18(17)25/h6,8-11,15H,1-5H2,(H,21,22). The summed E-state index contributed by atoms with van der Waals surface area (Å²) in [5, 5.41) is 17.2. The summed E-state index contributed by atoms with van der Waals surface area (Å²) in [6.07, 6.45) is 10.2. The number of benzene rings is 1. The number of aromatic nitrogens is 4. The molecular formula is C19H17N5O. The van der Waals surface area contributed by atoms with E-state index in [-0.39, 0.29) is 11.5 Å². The highest BCUT2D eigenvalue weighted by atomic mass is 16.1. The van der Waals surface area contributed by atoms with Crippen LogP contribution in [0.4, 0.5) is 0 Å². The van der Waals surface area contributed by atoms with Gasteiger partial charge in [0.15, 0.2) is 0 Å². The van der Waals surface area contributed by atoms with Crippen LogP contribution in [-0.4, -0.2) is 19.7 Å². The van der Waals surface area contributed by atoms with Crippen molar-refractivity contribution in [1.82, 2.24) is 19.7 Å². The zero-order chi connectivity index (χ0) is 17.0. The average Bonchev–Trinajstić information content (AvgIpc) is 3.37. The van der Waals surface area contributed by atoms with Gasteiger partial charge in [-0.3, -0.25) is 9.48 Å². The second kappa shape index (κ2) is 5.28. The minimum atomic E-state index is -0.0389. The maximum Gasteiger partial charge on any atom is 0.213 e. The van der Waals surface area contributed by atoms with E-state index in [0.717, 1.165) is 34.6 Å². The van der Waals surface area contributed by atoms with Gasteiger partial charge in [0.1, 0.15) is 11.2 Å².